The van der Waals surface area contributed by atoms with E-state index in [0.29, 0.717) is 23.7 Å². The summed E-state index contributed by atoms with van der Waals surface area (Å²) in [5, 5.41) is 5.82. The third-order valence-electron chi connectivity index (χ3n) is 3.87. The van der Waals surface area contributed by atoms with E-state index in [2.05, 4.69) is 10.6 Å². The van der Waals surface area contributed by atoms with Crippen molar-refractivity contribution >= 4 is 29.1 Å². The van der Waals surface area contributed by atoms with Crippen LogP contribution >= 0.6 is 11.6 Å². The van der Waals surface area contributed by atoms with Crippen molar-refractivity contribution in [1.29, 1.82) is 0 Å². The van der Waals surface area contributed by atoms with Crippen LogP contribution in [0.5, 0.6) is 0 Å². The molecule has 0 saturated heterocycles. The van der Waals surface area contributed by atoms with Crippen molar-refractivity contribution in [2.45, 2.75) is 20.3 Å². The van der Waals surface area contributed by atoms with Gasteiger partial charge in [-0.1, -0.05) is 35.9 Å². The molecule has 0 aromatic heterocycles. The molecular weight excluding hydrogens is 343 g/mol. The number of nitrogens with one attached hydrogen (secondary N) is 2. The van der Waals surface area contributed by atoms with E-state index in [4.69, 9.17) is 11.6 Å². The molecule has 2 amide bonds. The van der Waals surface area contributed by atoms with Crippen molar-refractivity contribution < 1.29 is 14.0 Å². The minimum Gasteiger partial charge on any atom is -0.355 e. The molecule has 2 aromatic carbocycles. The molecule has 0 bridgehead atoms. The Hall–Kier alpha value is -2.40. The second-order valence-corrected chi connectivity index (χ2v) is 6.60. The van der Waals surface area contributed by atoms with Gasteiger partial charge >= 0.3 is 0 Å². The first-order valence-corrected chi connectivity index (χ1v) is 8.27. The highest BCUT2D eigenvalue weighted by Gasteiger charge is 2.36. The molecule has 0 aliphatic rings. The third-order valence-corrected chi connectivity index (χ3v) is 4.20. The molecule has 0 radical (unpaired) electrons. The van der Waals surface area contributed by atoms with Gasteiger partial charge in [0.25, 0.3) is 0 Å². The molecule has 0 aliphatic carbocycles. The largest absolute Gasteiger partial charge is 0.355 e. The second-order valence-electron chi connectivity index (χ2n) is 6.19. The fourth-order valence-electron chi connectivity index (χ4n) is 2.14. The van der Waals surface area contributed by atoms with Crippen molar-refractivity contribution in [2.24, 2.45) is 5.41 Å². The molecule has 0 fully saturated rings. The number of halogens is 2. The van der Waals surface area contributed by atoms with Gasteiger partial charge in [0.15, 0.2) is 0 Å². The van der Waals surface area contributed by atoms with E-state index in [0.717, 1.165) is 5.56 Å². The van der Waals surface area contributed by atoms with E-state index >= 15 is 0 Å². The molecule has 0 spiro atoms. The summed E-state index contributed by atoms with van der Waals surface area (Å²) in [7, 11) is 0. The monoisotopic (exact) mass is 362 g/mol. The van der Waals surface area contributed by atoms with Gasteiger partial charge in [-0.05, 0) is 50.1 Å². The third kappa shape index (κ3) is 5.03. The predicted molar refractivity (Wildman–Crippen MR) is 97.0 cm³/mol. The Morgan fingerprint density at radius 3 is 2.32 bits per heavy atom. The van der Waals surface area contributed by atoms with E-state index < -0.39 is 11.3 Å². The van der Waals surface area contributed by atoms with E-state index in [1.54, 1.807) is 50.2 Å². The average molecular weight is 363 g/mol. The lowest BCUT2D eigenvalue weighted by Crippen LogP contribution is -2.45. The van der Waals surface area contributed by atoms with E-state index in [9.17, 15) is 14.0 Å². The summed E-state index contributed by atoms with van der Waals surface area (Å²) >= 11 is 6.02. The summed E-state index contributed by atoms with van der Waals surface area (Å²) in [6.07, 6.45) is 0.550. The number of anilines is 1. The van der Waals surface area contributed by atoms with Gasteiger partial charge in [-0.3, -0.25) is 9.59 Å². The van der Waals surface area contributed by atoms with Gasteiger partial charge in [0.05, 0.1) is 10.7 Å². The van der Waals surface area contributed by atoms with Gasteiger partial charge in [-0.15, -0.1) is 0 Å². The highest BCUT2D eigenvalue weighted by molar-refractivity contribution is 6.33. The molecule has 0 saturated carbocycles. The lowest BCUT2D eigenvalue weighted by molar-refractivity contribution is -0.138. The number of amides is 2. The SMILES string of the molecule is CC(C)(C(=O)NCCc1ccc(F)cc1)C(=O)Nc1ccccc1Cl. The van der Waals surface area contributed by atoms with Crippen LogP contribution < -0.4 is 10.6 Å². The first-order chi connectivity index (χ1) is 11.8. The standard InChI is InChI=1S/C19H20ClFN2O2/c1-19(2,18(25)23-16-6-4-3-5-15(16)20)17(24)22-12-11-13-7-9-14(21)10-8-13/h3-10H,11-12H2,1-2H3,(H,22,24)(H,23,25). The second kappa shape index (κ2) is 8.12. The van der Waals surface area contributed by atoms with E-state index in [1.165, 1.54) is 12.1 Å². The van der Waals surface area contributed by atoms with Gasteiger partial charge < -0.3 is 10.6 Å². The highest BCUT2D eigenvalue weighted by atomic mass is 35.5. The lowest BCUT2D eigenvalue weighted by atomic mass is 9.91. The zero-order valence-electron chi connectivity index (χ0n) is 14.1. The first-order valence-electron chi connectivity index (χ1n) is 7.89. The normalized spacial score (nSPS) is 11.0. The summed E-state index contributed by atoms with van der Waals surface area (Å²) in [4.78, 5) is 24.8. The van der Waals surface area contributed by atoms with Crippen LogP contribution in [0.15, 0.2) is 48.5 Å². The maximum atomic E-state index is 12.9. The number of hydrogen-bond acceptors (Lipinski definition) is 2. The molecule has 6 heteroatoms. The molecule has 0 unspecified atom stereocenters. The van der Waals surface area contributed by atoms with Gasteiger partial charge in [0.2, 0.25) is 11.8 Å². The van der Waals surface area contributed by atoms with Crippen LogP contribution in [-0.4, -0.2) is 18.4 Å². The van der Waals surface area contributed by atoms with Crippen LogP contribution in [0.4, 0.5) is 10.1 Å². The summed E-state index contributed by atoms with van der Waals surface area (Å²) in [6.45, 7) is 3.45. The number of para-hydroxylation sites is 1. The fraction of sp³-hybridized carbons (Fsp3) is 0.263. The van der Waals surface area contributed by atoms with Crippen LogP contribution in [0.25, 0.3) is 0 Å². The van der Waals surface area contributed by atoms with Crippen LogP contribution in [0.1, 0.15) is 19.4 Å². The van der Waals surface area contributed by atoms with Crippen LogP contribution in [-0.2, 0) is 16.0 Å². The number of rotatable bonds is 6. The maximum absolute atomic E-state index is 12.9. The molecule has 132 valence electrons. The maximum Gasteiger partial charge on any atom is 0.239 e. The van der Waals surface area contributed by atoms with Crippen molar-refractivity contribution in [3.63, 3.8) is 0 Å². The van der Waals surface area contributed by atoms with E-state index in [1.807, 2.05) is 0 Å². The van der Waals surface area contributed by atoms with Gasteiger partial charge in [-0.2, -0.15) is 0 Å². The molecule has 4 nitrogen and oxygen atoms in total. The van der Waals surface area contributed by atoms with E-state index in [-0.39, 0.29) is 11.7 Å². The Bertz CT molecular complexity index is 760. The molecule has 25 heavy (non-hydrogen) atoms. The van der Waals surface area contributed by atoms with Gasteiger partial charge in [0.1, 0.15) is 11.2 Å². The molecule has 0 atom stereocenters. The summed E-state index contributed by atoms with van der Waals surface area (Å²) in [5.41, 5.74) is 0.100. The summed E-state index contributed by atoms with van der Waals surface area (Å²) in [5.74, 6) is -1.13. The Labute approximate surface area is 151 Å². The smallest absolute Gasteiger partial charge is 0.239 e. The lowest BCUT2D eigenvalue weighted by Gasteiger charge is -2.23. The van der Waals surface area contributed by atoms with Crippen molar-refractivity contribution in [3.05, 3.63) is 64.9 Å². The number of hydrogen-bond donors (Lipinski definition) is 2. The molecule has 2 rings (SSSR count). The number of carbonyl (C=O) groups is 2. The summed E-state index contributed by atoms with van der Waals surface area (Å²) in [6, 6.07) is 12.9. The zero-order valence-corrected chi connectivity index (χ0v) is 14.9. The summed E-state index contributed by atoms with van der Waals surface area (Å²) < 4.78 is 12.9. The molecule has 2 aromatic rings. The minimum absolute atomic E-state index is 0.301. The molecular formula is C19H20ClFN2O2. The number of benzene rings is 2. The van der Waals surface area contributed by atoms with Crippen LogP contribution in [0.2, 0.25) is 5.02 Å². The molecule has 0 aliphatic heterocycles. The topological polar surface area (TPSA) is 58.2 Å². The average Bonchev–Trinajstić information content (AvgIpc) is 2.58. The highest BCUT2D eigenvalue weighted by Crippen LogP contribution is 2.24. The van der Waals surface area contributed by atoms with Crippen molar-refractivity contribution in [1.82, 2.24) is 5.32 Å². The number of carbonyl (C=O) groups excluding carboxylic acids is 2. The van der Waals surface area contributed by atoms with Crippen molar-refractivity contribution in [2.75, 3.05) is 11.9 Å². The predicted octanol–water partition coefficient (Wildman–Crippen LogP) is 3.80. The molecule has 0 heterocycles. The van der Waals surface area contributed by atoms with Gasteiger partial charge in [0, 0.05) is 6.54 Å². The fourth-order valence-corrected chi connectivity index (χ4v) is 2.32. The quantitative estimate of drug-likeness (QED) is 0.768. The van der Waals surface area contributed by atoms with Crippen LogP contribution in [0, 0.1) is 11.2 Å². The Morgan fingerprint density at radius 1 is 1.04 bits per heavy atom. The Morgan fingerprint density at radius 2 is 1.68 bits per heavy atom. The Balaban J connectivity index is 1.91. The first kappa shape index (κ1) is 18.9. The van der Waals surface area contributed by atoms with Crippen LogP contribution in [0.3, 0.4) is 0 Å². The minimum atomic E-state index is -1.26. The van der Waals surface area contributed by atoms with Gasteiger partial charge in [-0.25, -0.2) is 4.39 Å². The molecule has 2 N–H and O–H groups in total. The Kier molecular flexibility index (Phi) is 6.15. The zero-order chi connectivity index (χ0) is 18.4. The van der Waals surface area contributed by atoms with Crippen molar-refractivity contribution in [3.8, 4) is 0 Å².